The summed E-state index contributed by atoms with van der Waals surface area (Å²) in [5.41, 5.74) is 0.166. The highest BCUT2D eigenvalue weighted by molar-refractivity contribution is 6.05. The minimum atomic E-state index is -0.706. The molecule has 1 heterocycles. The summed E-state index contributed by atoms with van der Waals surface area (Å²) < 4.78 is 44.6. The summed E-state index contributed by atoms with van der Waals surface area (Å²) in [5, 5.41) is 2.51. The Labute approximate surface area is 162 Å². The number of benzene rings is 2. The van der Waals surface area contributed by atoms with E-state index in [9.17, 15) is 13.6 Å². The molecule has 0 radical (unpaired) electrons. The maximum Gasteiger partial charge on any atom is 0.255 e. The molecule has 8 heteroatoms. The molecule has 6 nitrogen and oxygen atoms in total. The number of amides is 1. The number of carbonyl (C=O) groups excluding carboxylic acids is 1. The van der Waals surface area contributed by atoms with E-state index in [2.05, 4.69) is 5.32 Å². The molecule has 1 N–H and O–H groups in total. The van der Waals surface area contributed by atoms with E-state index < -0.39 is 17.5 Å². The van der Waals surface area contributed by atoms with E-state index in [1.807, 2.05) is 0 Å². The van der Waals surface area contributed by atoms with Crippen molar-refractivity contribution in [3.05, 3.63) is 41.5 Å². The molecule has 1 amide bonds. The van der Waals surface area contributed by atoms with Crippen LogP contribution in [-0.4, -0.2) is 40.3 Å². The van der Waals surface area contributed by atoms with Crippen LogP contribution < -0.4 is 24.4 Å². The Hall–Kier alpha value is -3.03. The molecule has 1 saturated heterocycles. The van der Waals surface area contributed by atoms with Gasteiger partial charge in [0.1, 0.15) is 5.69 Å². The van der Waals surface area contributed by atoms with E-state index in [0.29, 0.717) is 30.3 Å². The van der Waals surface area contributed by atoms with Crippen LogP contribution in [0, 0.1) is 11.6 Å². The number of nitrogens with one attached hydrogen (secondary N) is 1. The van der Waals surface area contributed by atoms with Gasteiger partial charge in [-0.15, -0.1) is 0 Å². The van der Waals surface area contributed by atoms with Gasteiger partial charge in [0.05, 0.1) is 21.3 Å². The first-order valence-electron chi connectivity index (χ1n) is 8.83. The zero-order chi connectivity index (χ0) is 20.3. The lowest BCUT2D eigenvalue weighted by atomic mass is 10.1. The van der Waals surface area contributed by atoms with Crippen molar-refractivity contribution < 1.29 is 27.8 Å². The second-order valence-corrected chi connectivity index (χ2v) is 6.35. The number of nitrogens with zero attached hydrogens (tertiary/aromatic N) is 1. The van der Waals surface area contributed by atoms with Crippen LogP contribution in [0.4, 0.5) is 20.2 Å². The minimum Gasteiger partial charge on any atom is -0.493 e. The summed E-state index contributed by atoms with van der Waals surface area (Å²) in [7, 11) is 4.31. The van der Waals surface area contributed by atoms with Gasteiger partial charge in [0.25, 0.3) is 5.91 Å². The monoisotopic (exact) mass is 392 g/mol. The third kappa shape index (κ3) is 3.81. The molecule has 1 aliphatic heterocycles. The lowest BCUT2D eigenvalue weighted by molar-refractivity contribution is 0.102. The molecule has 0 bridgehead atoms. The molecule has 0 saturated carbocycles. The summed E-state index contributed by atoms with van der Waals surface area (Å²) in [5.74, 6) is -1.03. The topological polar surface area (TPSA) is 60.0 Å². The van der Waals surface area contributed by atoms with Crippen molar-refractivity contribution in [2.45, 2.75) is 12.8 Å². The predicted octanol–water partition coefficient (Wildman–Crippen LogP) is 3.84. The Morgan fingerprint density at radius 2 is 1.46 bits per heavy atom. The number of halogens is 2. The quantitative estimate of drug-likeness (QED) is 0.809. The largest absolute Gasteiger partial charge is 0.493 e. The number of methoxy groups -OCH3 is 3. The molecule has 3 rings (SSSR count). The lowest BCUT2D eigenvalue weighted by Gasteiger charge is -2.20. The van der Waals surface area contributed by atoms with E-state index in [1.165, 1.54) is 33.5 Å². The van der Waals surface area contributed by atoms with Gasteiger partial charge in [-0.3, -0.25) is 4.79 Å². The first-order chi connectivity index (χ1) is 13.5. The molecular weight excluding hydrogens is 370 g/mol. The van der Waals surface area contributed by atoms with Crippen molar-refractivity contribution in [2.24, 2.45) is 0 Å². The van der Waals surface area contributed by atoms with E-state index in [0.717, 1.165) is 25.0 Å². The third-order valence-electron chi connectivity index (χ3n) is 4.62. The summed E-state index contributed by atoms with van der Waals surface area (Å²) in [6, 6.07) is 5.16. The van der Waals surface area contributed by atoms with Gasteiger partial charge in [0.2, 0.25) is 5.75 Å². The Bertz CT molecular complexity index is 834. The van der Waals surface area contributed by atoms with E-state index >= 15 is 0 Å². The Balaban J connectivity index is 1.87. The van der Waals surface area contributed by atoms with Crippen LogP contribution in [0.15, 0.2) is 24.3 Å². The number of carbonyl (C=O) groups is 1. The molecule has 2 aromatic rings. The van der Waals surface area contributed by atoms with Crippen LogP contribution in [0.1, 0.15) is 23.2 Å². The number of ether oxygens (including phenoxy) is 3. The van der Waals surface area contributed by atoms with Gasteiger partial charge in [0, 0.05) is 24.3 Å². The molecule has 2 aromatic carbocycles. The van der Waals surface area contributed by atoms with E-state index in [-0.39, 0.29) is 16.9 Å². The molecule has 28 heavy (non-hydrogen) atoms. The molecule has 0 atom stereocenters. The fourth-order valence-corrected chi connectivity index (χ4v) is 3.30. The van der Waals surface area contributed by atoms with Gasteiger partial charge < -0.3 is 24.4 Å². The summed E-state index contributed by atoms with van der Waals surface area (Å²) in [4.78, 5) is 14.3. The van der Waals surface area contributed by atoms with Gasteiger partial charge in [-0.05, 0) is 37.1 Å². The standard InChI is InChI=1S/C20H22F2N2O4/c1-26-16-8-12(9-17(27-2)19(16)28-3)20(25)23-13-10-14(21)18(15(22)11-13)24-6-4-5-7-24/h8-11H,4-7H2,1-3H3,(H,23,25). The van der Waals surface area contributed by atoms with Crippen LogP contribution in [-0.2, 0) is 0 Å². The summed E-state index contributed by atoms with van der Waals surface area (Å²) >= 11 is 0. The van der Waals surface area contributed by atoms with Crippen LogP contribution in [0.3, 0.4) is 0 Å². The molecule has 0 aromatic heterocycles. The van der Waals surface area contributed by atoms with Gasteiger partial charge in [-0.1, -0.05) is 0 Å². The fraction of sp³-hybridized carbons (Fsp3) is 0.350. The maximum atomic E-state index is 14.5. The fourth-order valence-electron chi connectivity index (χ4n) is 3.30. The molecule has 150 valence electrons. The van der Waals surface area contributed by atoms with Crippen LogP contribution in [0.25, 0.3) is 0 Å². The van der Waals surface area contributed by atoms with Crippen molar-refractivity contribution in [1.82, 2.24) is 0 Å². The molecule has 1 fully saturated rings. The molecule has 0 aliphatic carbocycles. The Kier molecular flexibility index (Phi) is 5.87. The minimum absolute atomic E-state index is 0.0247. The smallest absolute Gasteiger partial charge is 0.255 e. The average Bonchev–Trinajstić information content (AvgIpc) is 3.20. The van der Waals surface area contributed by atoms with Gasteiger partial charge in [0.15, 0.2) is 23.1 Å². The second kappa shape index (κ2) is 8.33. The maximum absolute atomic E-state index is 14.5. The normalized spacial score (nSPS) is 13.4. The van der Waals surface area contributed by atoms with Gasteiger partial charge in [-0.2, -0.15) is 0 Å². The number of hydrogen-bond acceptors (Lipinski definition) is 5. The Morgan fingerprint density at radius 1 is 0.929 bits per heavy atom. The van der Waals surface area contributed by atoms with Gasteiger partial charge >= 0.3 is 0 Å². The van der Waals surface area contributed by atoms with Crippen LogP contribution >= 0.6 is 0 Å². The average molecular weight is 392 g/mol. The zero-order valence-electron chi connectivity index (χ0n) is 16.0. The highest BCUT2D eigenvalue weighted by atomic mass is 19.1. The highest BCUT2D eigenvalue weighted by Gasteiger charge is 2.22. The van der Waals surface area contributed by atoms with E-state index in [4.69, 9.17) is 14.2 Å². The van der Waals surface area contributed by atoms with Crippen molar-refractivity contribution in [3.8, 4) is 17.2 Å². The van der Waals surface area contributed by atoms with Gasteiger partial charge in [-0.25, -0.2) is 8.78 Å². The van der Waals surface area contributed by atoms with Crippen LogP contribution in [0.2, 0.25) is 0 Å². The predicted molar refractivity (Wildman–Crippen MR) is 102 cm³/mol. The first kappa shape index (κ1) is 19.7. The first-order valence-corrected chi connectivity index (χ1v) is 8.83. The molecule has 0 unspecified atom stereocenters. The zero-order valence-corrected chi connectivity index (χ0v) is 16.0. The molecular formula is C20H22F2N2O4. The highest BCUT2D eigenvalue weighted by Crippen LogP contribution is 2.38. The van der Waals surface area contributed by atoms with Crippen molar-refractivity contribution in [1.29, 1.82) is 0 Å². The van der Waals surface area contributed by atoms with Crippen molar-refractivity contribution in [2.75, 3.05) is 44.6 Å². The molecule has 1 aliphatic rings. The number of rotatable bonds is 6. The second-order valence-electron chi connectivity index (χ2n) is 6.35. The van der Waals surface area contributed by atoms with Crippen molar-refractivity contribution in [3.63, 3.8) is 0 Å². The van der Waals surface area contributed by atoms with E-state index in [1.54, 1.807) is 4.90 Å². The third-order valence-corrected chi connectivity index (χ3v) is 4.62. The SMILES string of the molecule is COc1cc(C(=O)Nc2cc(F)c(N3CCCC3)c(F)c2)cc(OC)c1OC. The lowest BCUT2D eigenvalue weighted by Crippen LogP contribution is -2.21. The Morgan fingerprint density at radius 3 is 1.93 bits per heavy atom. The van der Waals surface area contributed by atoms with Crippen LogP contribution in [0.5, 0.6) is 17.2 Å². The summed E-state index contributed by atoms with van der Waals surface area (Å²) in [6.07, 6.45) is 1.80. The number of anilines is 2. The summed E-state index contributed by atoms with van der Waals surface area (Å²) in [6.45, 7) is 1.23. The van der Waals surface area contributed by atoms with Crippen molar-refractivity contribution >= 4 is 17.3 Å². The number of hydrogen-bond donors (Lipinski definition) is 1. The molecule has 0 spiro atoms.